The van der Waals surface area contributed by atoms with E-state index < -0.39 is 10.0 Å². The van der Waals surface area contributed by atoms with Gasteiger partial charge in [-0.2, -0.15) is 0 Å². The lowest BCUT2D eigenvalue weighted by molar-refractivity contribution is 0.544. The molecule has 0 aliphatic carbocycles. The zero-order valence-electron chi connectivity index (χ0n) is 9.78. The SMILES string of the molecule is C#CCC(CC)NS(=O)(=O)c1cc(Cl)ccc1Cl. The van der Waals surface area contributed by atoms with Gasteiger partial charge in [0, 0.05) is 17.5 Å². The minimum absolute atomic E-state index is 0.0351. The molecule has 1 unspecified atom stereocenters. The van der Waals surface area contributed by atoms with Crippen LogP contribution in [0.3, 0.4) is 0 Å². The molecular formula is C12H13Cl2NO2S. The van der Waals surface area contributed by atoms with E-state index in [1.807, 2.05) is 6.92 Å². The highest BCUT2D eigenvalue weighted by Gasteiger charge is 2.21. The van der Waals surface area contributed by atoms with Gasteiger partial charge in [0.2, 0.25) is 10.0 Å². The average Bonchev–Trinajstić information content (AvgIpc) is 2.31. The van der Waals surface area contributed by atoms with Crippen molar-refractivity contribution < 1.29 is 8.42 Å². The molecule has 0 saturated carbocycles. The first-order valence-corrected chi connectivity index (χ1v) is 7.55. The van der Waals surface area contributed by atoms with Crippen LogP contribution in [0, 0.1) is 12.3 Å². The van der Waals surface area contributed by atoms with Crippen molar-refractivity contribution in [2.75, 3.05) is 0 Å². The maximum Gasteiger partial charge on any atom is 0.242 e. The predicted octanol–water partition coefficient (Wildman–Crippen LogP) is 3.07. The lowest BCUT2D eigenvalue weighted by atomic mass is 10.2. The quantitative estimate of drug-likeness (QED) is 0.850. The number of nitrogens with one attached hydrogen (secondary N) is 1. The van der Waals surface area contributed by atoms with Crippen LogP contribution in [0.15, 0.2) is 23.1 Å². The molecule has 3 nitrogen and oxygen atoms in total. The molecule has 0 heterocycles. The summed E-state index contributed by atoms with van der Waals surface area (Å²) in [4.78, 5) is -0.0351. The maximum absolute atomic E-state index is 12.1. The van der Waals surface area contributed by atoms with Crippen molar-refractivity contribution in [1.82, 2.24) is 4.72 Å². The van der Waals surface area contributed by atoms with Crippen molar-refractivity contribution >= 4 is 33.2 Å². The van der Waals surface area contributed by atoms with Gasteiger partial charge < -0.3 is 0 Å². The molecule has 1 N–H and O–H groups in total. The largest absolute Gasteiger partial charge is 0.242 e. The molecule has 6 heteroatoms. The van der Waals surface area contributed by atoms with Gasteiger partial charge in [-0.15, -0.1) is 12.3 Å². The van der Waals surface area contributed by atoms with E-state index in [1.54, 1.807) is 0 Å². The molecule has 0 aliphatic rings. The number of sulfonamides is 1. The molecule has 98 valence electrons. The first-order valence-electron chi connectivity index (χ1n) is 5.31. The number of hydrogen-bond acceptors (Lipinski definition) is 2. The molecule has 0 saturated heterocycles. The molecular weight excluding hydrogens is 293 g/mol. The number of hydrogen-bond donors (Lipinski definition) is 1. The summed E-state index contributed by atoms with van der Waals surface area (Å²) in [6.45, 7) is 1.85. The van der Waals surface area contributed by atoms with Gasteiger partial charge in [-0.25, -0.2) is 13.1 Å². The first-order chi connectivity index (χ1) is 8.40. The molecule has 0 bridgehead atoms. The molecule has 1 atom stereocenters. The van der Waals surface area contributed by atoms with Crippen molar-refractivity contribution in [2.45, 2.75) is 30.7 Å². The Balaban J connectivity index is 3.06. The Labute approximate surface area is 118 Å². The first kappa shape index (κ1) is 15.3. The van der Waals surface area contributed by atoms with Crippen LogP contribution in [0.1, 0.15) is 19.8 Å². The summed E-state index contributed by atoms with van der Waals surface area (Å²) in [5.74, 6) is 2.43. The third-order valence-corrected chi connectivity index (χ3v) is 4.60. The van der Waals surface area contributed by atoms with E-state index in [4.69, 9.17) is 29.6 Å². The van der Waals surface area contributed by atoms with Gasteiger partial charge in [-0.1, -0.05) is 30.1 Å². The van der Waals surface area contributed by atoms with Crippen molar-refractivity contribution in [1.29, 1.82) is 0 Å². The normalized spacial score (nSPS) is 13.0. The van der Waals surface area contributed by atoms with Crippen molar-refractivity contribution in [3.8, 4) is 12.3 Å². The topological polar surface area (TPSA) is 46.2 Å². The Morgan fingerprint density at radius 2 is 2.11 bits per heavy atom. The molecule has 0 spiro atoms. The van der Waals surface area contributed by atoms with Crippen LogP contribution in [0.25, 0.3) is 0 Å². The highest BCUT2D eigenvalue weighted by atomic mass is 35.5. The number of benzene rings is 1. The molecule has 1 aromatic rings. The molecule has 0 amide bonds. The number of rotatable bonds is 5. The summed E-state index contributed by atoms with van der Waals surface area (Å²) in [6, 6.07) is 3.98. The van der Waals surface area contributed by atoms with Crippen LogP contribution < -0.4 is 4.72 Å². The summed E-state index contributed by atoms with van der Waals surface area (Å²) in [7, 11) is -3.71. The third kappa shape index (κ3) is 3.89. The summed E-state index contributed by atoms with van der Waals surface area (Å²) in [5.41, 5.74) is 0. The Kier molecular flexibility index (Phi) is 5.48. The predicted molar refractivity (Wildman–Crippen MR) is 74.3 cm³/mol. The van der Waals surface area contributed by atoms with Gasteiger partial charge in [0.05, 0.1) is 5.02 Å². The Hall–Kier alpha value is -0.730. The molecule has 1 aromatic carbocycles. The van der Waals surface area contributed by atoms with Crippen LogP contribution in [0.4, 0.5) is 0 Å². The molecule has 0 aliphatic heterocycles. The standard InChI is InChI=1S/C12H13Cl2NO2S/c1-3-5-10(4-2)15-18(16,17)12-8-9(13)6-7-11(12)14/h1,6-8,10,15H,4-5H2,2H3. The maximum atomic E-state index is 12.1. The highest BCUT2D eigenvalue weighted by Crippen LogP contribution is 2.25. The molecule has 0 radical (unpaired) electrons. The Morgan fingerprint density at radius 3 is 2.67 bits per heavy atom. The van der Waals surface area contributed by atoms with Crippen LogP contribution in [0.5, 0.6) is 0 Å². The fraction of sp³-hybridized carbons (Fsp3) is 0.333. The van der Waals surface area contributed by atoms with E-state index in [0.717, 1.165) is 0 Å². The molecule has 0 aromatic heterocycles. The van der Waals surface area contributed by atoms with Gasteiger partial charge in [0.25, 0.3) is 0 Å². The second kappa shape index (κ2) is 6.44. The van der Waals surface area contributed by atoms with Gasteiger partial charge in [-0.3, -0.25) is 0 Å². The summed E-state index contributed by atoms with van der Waals surface area (Å²) in [5, 5.41) is 0.437. The van der Waals surface area contributed by atoms with E-state index in [-0.39, 0.29) is 16.0 Å². The zero-order valence-corrected chi connectivity index (χ0v) is 12.1. The molecule has 0 fully saturated rings. The smallest absolute Gasteiger partial charge is 0.207 e. The van der Waals surface area contributed by atoms with E-state index in [9.17, 15) is 8.42 Å². The zero-order chi connectivity index (χ0) is 13.8. The second-order valence-electron chi connectivity index (χ2n) is 3.71. The number of halogens is 2. The monoisotopic (exact) mass is 305 g/mol. The van der Waals surface area contributed by atoms with E-state index in [1.165, 1.54) is 18.2 Å². The van der Waals surface area contributed by atoms with Crippen LogP contribution >= 0.6 is 23.2 Å². The lowest BCUT2D eigenvalue weighted by Gasteiger charge is -2.15. The van der Waals surface area contributed by atoms with Crippen molar-refractivity contribution in [2.24, 2.45) is 0 Å². The molecule has 18 heavy (non-hydrogen) atoms. The highest BCUT2D eigenvalue weighted by molar-refractivity contribution is 7.89. The van der Waals surface area contributed by atoms with Crippen LogP contribution in [-0.2, 0) is 10.0 Å². The minimum atomic E-state index is -3.71. The summed E-state index contributed by atoms with van der Waals surface area (Å²) < 4.78 is 26.8. The van der Waals surface area contributed by atoms with E-state index in [2.05, 4.69) is 10.6 Å². The Bertz CT molecular complexity index is 564. The van der Waals surface area contributed by atoms with Crippen molar-refractivity contribution in [3.05, 3.63) is 28.2 Å². The fourth-order valence-electron chi connectivity index (χ4n) is 1.38. The fourth-order valence-corrected chi connectivity index (χ4v) is 3.46. The Morgan fingerprint density at radius 1 is 1.44 bits per heavy atom. The van der Waals surface area contributed by atoms with Gasteiger partial charge in [-0.05, 0) is 24.6 Å². The second-order valence-corrected chi connectivity index (χ2v) is 6.24. The van der Waals surface area contributed by atoms with Crippen molar-refractivity contribution in [3.63, 3.8) is 0 Å². The molecule has 1 rings (SSSR count). The number of terminal acetylenes is 1. The average molecular weight is 306 g/mol. The minimum Gasteiger partial charge on any atom is -0.207 e. The van der Waals surface area contributed by atoms with E-state index >= 15 is 0 Å². The van der Waals surface area contributed by atoms with Gasteiger partial charge >= 0.3 is 0 Å². The van der Waals surface area contributed by atoms with E-state index in [0.29, 0.717) is 17.9 Å². The van der Waals surface area contributed by atoms with Crippen LogP contribution in [-0.4, -0.2) is 14.5 Å². The summed E-state index contributed by atoms with van der Waals surface area (Å²) in [6.07, 6.45) is 6.11. The summed E-state index contributed by atoms with van der Waals surface area (Å²) >= 11 is 11.6. The van der Waals surface area contributed by atoms with Gasteiger partial charge in [0.15, 0.2) is 0 Å². The van der Waals surface area contributed by atoms with Crippen LogP contribution in [0.2, 0.25) is 10.0 Å². The third-order valence-electron chi connectivity index (χ3n) is 2.36. The van der Waals surface area contributed by atoms with Gasteiger partial charge in [0.1, 0.15) is 4.90 Å². The lowest BCUT2D eigenvalue weighted by Crippen LogP contribution is -2.34.